The van der Waals surface area contributed by atoms with E-state index in [1.165, 1.54) is 11.6 Å². The summed E-state index contributed by atoms with van der Waals surface area (Å²) in [6.45, 7) is 9.85. The van der Waals surface area contributed by atoms with Crippen molar-refractivity contribution in [1.82, 2.24) is 24.8 Å². The molecule has 142 valence electrons. The fourth-order valence-electron chi connectivity index (χ4n) is 4.25. The van der Waals surface area contributed by atoms with Crippen molar-refractivity contribution in [3.63, 3.8) is 0 Å². The van der Waals surface area contributed by atoms with E-state index >= 15 is 0 Å². The van der Waals surface area contributed by atoms with Crippen LogP contribution >= 0.6 is 0 Å². The van der Waals surface area contributed by atoms with Crippen LogP contribution in [0.5, 0.6) is 0 Å². The van der Waals surface area contributed by atoms with Gasteiger partial charge >= 0.3 is 0 Å². The van der Waals surface area contributed by atoms with Gasteiger partial charge in [0.2, 0.25) is 0 Å². The van der Waals surface area contributed by atoms with Gasteiger partial charge in [-0.05, 0) is 70.7 Å². The van der Waals surface area contributed by atoms with E-state index < -0.39 is 0 Å². The Morgan fingerprint density at radius 2 is 1.85 bits per heavy atom. The lowest BCUT2D eigenvalue weighted by molar-refractivity contribution is 0.153. The third-order valence-electron chi connectivity index (χ3n) is 5.54. The lowest BCUT2D eigenvalue weighted by atomic mass is 9.89. The number of halogens is 1. The molecular weight excluding hydrogens is 341 g/mol. The number of aryl methyl sites for hydroxylation is 3. The number of nitrogens with one attached hydrogen (secondary N) is 1. The second-order valence-electron chi connectivity index (χ2n) is 7.74. The first-order chi connectivity index (χ1) is 12.9. The predicted octanol–water partition coefficient (Wildman–Crippen LogP) is 4.36. The maximum Gasteiger partial charge on any atom is 0.178 e. The van der Waals surface area contributed by atoms with E-state index in [4.69, 9.17) is 0 Å². The van der Waals surface area contributed by atoms with Gasteiger partial charge in [0.25, 0.3) is 0 Å². The molecule has 0 radical (unpaired) electrons. The largest absolute Gasteiger partial charge is 0.341 e. The minimum atomic E-state index is -0.267. The lowest BCUT2D eigenvalue weighted by Crippen LogP contribution is -2.37. The van der Waals surface area contributed by atoms with E-state index in [0.717, 1.165) is 43.1 Å². The Hall–Kier alpha value is -2.34. The van der Waals surface area contributed by atoms with Gasteiger partial charge in [-0.2, -0.15) is 0 Å². The van der Waals surface area contributed by atoms with Gasteiger partial charge in [0.05, 0.1) is 17.3 Å². The average molecular weight is 367 g/mol. The number of H-pyrrole nitrogens is 1. The van der Waals surface area contributed by atoms with E-state index in [2.05, 4.69) is 37.0 Å². The van der Waals surface area contributed by atoms with Crippen molar-refractivity contribution in [3.8, 4) is 0 Å². The van der Waals surface area contributed by atoms with Crippen LogP contribution in [-0.2, 0) is 0 Å². The second-order valence-corrected chi connectivity index (χ2v) is 7.74. The number of hydrogen-bond donors (Lipinski definition) is 1. The normalized spacial score (nSPS) is 19.5. The van der Waals surface area contributed by atoms with Crippen molar-refractivity contribution < 1.29 is 4.39 Å². The van der Waals surface area contributed by atoms with Gasteiger partial charge in [-0.15, -0.1) is 0 Å². The Balaban J connectivity index is 1.60. The van der Waals surface area contributed by atoms with Crippen molar-refractivity contribution in [2.24, 2.45) is 0 Å². The number of hydrogen-bond acceptors (Lipinski definition) is 4. The number of aromatic nitrogens is 4. The Labute approximate surface area is 159 Å². The highest BCUT2D eigenvalue weighted by Crippen LogP contribution is 2.33. The molecule has 3 aromatic heterocycles. The first-order valence-corrected chi connectivity index (χ1v) is 9.62. The van der Waals surface area contributed by atoms with Gasteiger partial charge < -0.3 is 4.98 Å². The van der Waals surface area contributed by atoms with Crippen LogP contribution in [0.15, 0.2) is 18.2 Å². The fourth-order valence-corrected chi connectivity index (χ4v) is 4.25. The van der Waals surface area contributed by atoms with Crippen molar-refractivity contribution in [1.29, 1.82) is 0 Å². The number of likely N-dealkylation sites (tertiary alicyclic amines) is 1. The first kappa shape index (κ1) is 18.0. The van der Waals surface area contributed by atoms with Crippen molar-refractivity contribution in [3.05, 3.63) is 52.5 Å². The quantitative estimate of drug-likeness (QED) is 0.747. The molecule has 1 fully saturated rings. The topological polar surface area (TPSA) is 57.7 Å². The molecule has 3 aromatic rings. The van der Waals surface area contributed by atoms with Crippen LogP contribution in [0.25, 0.3) is 11.2 Å². The number of pyridine rings is 2. The molecule has 0 saturated carbocycles. The monoisotopic (exact) mass is 367 g/mol. The van der Waals surface area contributed by atoms with Crippen LogP contribution < -0.4 is 0 Å². The number of nitrogens with zero attached hydrogens (tertiary/aromatic N) is 4. The smallest absolute Gasteiger partial charge is 0.178 e. The Kier molecular flexibility index (Phi) is 4.68. The molecule has 0 bridgehead atoms. The van der Waals surface area contributed by atoms with E-state index in [-0.39, 0.29) is 11.9 Å². The van der Waals surface area contributed by atoms with Crippen LogP contribution in [-0.4, -0.2) is 37.9 Å². The fraction of sp³-hybridized carbons (Fsp3) is 0.476. The number of aromatic amines is 1. The molecule has 6 heteroatoms. The highest BCUT2D eigenvalue weighted by molar-refractivity contribution is 5.70. The Bertz CT molecular complexity index is 960. The number of piperidine rings is 1. The predicted molar refractivity (Wildman–Crippen MR) is 104 cm³/mol. The van der Waals surface area contributed by atoms with Gasteiger partial charge in [0.1, 0.15) is 11.6 Å². The number of fused-ring (bicyclic) bond motifs is 1. The minimum Gasteiger partial charge on any atom is -0.341 e. The van der Waals surface area contributed by atoms with Gasteiger partial charge in [-0.25, -0.2) is 14.4 Å². The SMILES string of the molecule is Cc1cc(C2CCCN(C(C)c3nc4nc(C)[nH]c4cc3F)C2)cc(C)n1. The van der Waals surface area contributed by atoms with Gasteiger partial charge in [-0.3, -0.25) is 9.88 Å². The highest BCUT2D eigenvalue weighted by Gasteiger charge is 2.28. The third-order valence-corrected chi connectivity index (χ3v) is 5.54. The van der Waals surface area contributed by atoms with Crippen LogP contribution in [0.1, 0.15) is 60.2 Å². The summed E-state index contributed by atoms with van der Waals surface area (Å²) < 4.78 is 14.7. The summed E-state index contributed by atoms with van der Waals surface area (Å²) in [5.41, 5.74) is 5.18. The summed E-state index contributed by atoms with van der Waals surface area (Å²) in [5, 5.41) is 0. The van der Waals surface area contributed by atoms with E-state index in [1.54, 1.807) is 0 Å². The van der Waals surface area contributed by atoms with Crippen molar-refractivity contribution >= 4 is 11.2 Å². The highest BCUT2D eigenvalue weighted by atomic mass is 19.1. The lowest BCUT2D eigenvalue weighted by Gasteiger charge is -2.37. The third kappa shape index (κ3) is 3.58. The maximum atomic E-state index is 14.7. The maximum absolute atomic E-state index is 14.7. The molecule has 1 aliphatic rings. The molecule has 0 aromatic carbocycles. The summed E-state index contributed by atoms with van der Waals surface area (Å²) in [6, 6.07) is 5.80. The molecule has 1 N–H and O–H groups in total. The Morgan fingerprint density at radius 1 is 1.11 bits per heavy atom. The zero-order valence-corrected chi connectivity index (χ0v) is 16.4. The standard InChI is InChI=1S/C21H26FN5/c1-12-8-17(9-13(2)23-12)16-6-5-7-27(11-16)14(3)20-18(22)10-19-21(26-20)25-15(4)24-19/h8-10,14,16H,5-7,11H2,1-4H3,(H,24,25,26). The van der Waals surface area contributed by atoms with Crippen LogP contribution in [0.3, 0.4) is 0 Å². The molecule has 2 atom stereocenters. The van der Waals surface area contributed by atoms with Crippen molar-refractivity contribution in [2.75, 3.05) is 13.1 Å². The summed E-state index contributed by atoms with van der Waals surface area (Å²) >= 11 is 0. The van der Waals surface area contributed by atoms with Gasteiger partial charge in [0, 0.05) is 24.0 Å². The van der Waals surface area contributed by atoms with E-state index in [0.29, 0.717) is 22.8 Å². The van der Waals surface area contributed by atoms with Crippen LogP contribution in [0.4, 0.5) is 4.39 Å². The zero-order chi connectivity index (χ0) is 19.1. The molecule has 2 unspecified atom stereocenters. The molecule has 0 spiro atoms. The summed E-state index contributed by atoms with van der Waals surface area (Å²) in [6.07, 6.45) is 2.25. The van der Waals surface area contributed by atoms with E-state index in [1.807, 2.05) is 27.7 Å². The van der Waals surface area contributed by atoms with Crippen LogP contribution in [0.2, 0.25) is 0 Å². The molecule has 27 heavy (non-hydrogen) atoms. The molecule has 0 amide bonds. The van der Waals surface area contributed by atoms with Gasteiger partial charge in [-0.1, -0.05) is 0 Å². The molecule has 5 nitrogen and oxygen atoms in total. The Morgan fingerprint density at radius 3 is 2.59 bits per heavy atom. The number of imidazole rings is 1. The van der Waals surface area contributed by atoms with E-state index in [9.17, 15) is 4.39 Å². The molecule has 4 heterocycles. The summed E-state index contributed by atoms with van der Waals surface area (Å²) in [4.78, 5) is 18.8. The molecular formula is C21H26FN5. The van der Waals surface area contributed by atoms with Crippen molar-refractivity contribution in [2.45, 2.75) is 52.5 Å². The molecule has 1 aliphatic heterocycles. The summed E-state index contributed by atoms with van der Waals surface area (Å²) in [7, 11) is 0. The zero-order valence-electron chi connectivity index (χ0n) is 16.4. The second kappa shape index (κ2) is 7.00. The minimum absolute atomic E-state index is 0.0850. The summed E-state index contributed by atoms with van der Waals surface area (Å²) in [5.74, 6) is 0.931. The first-order valence-electron chi connectivity index (χ1n) is 9.62. The van der Waals surface area contributed by atoms with Gasteiger partial charge in [0.15, 0.2) is 5.65 Å². The molecule has 4 rings (SSSR count). The molecule has 1 saturated heterocycles. The van der Waals surface area contributed by atoms with Crippen LogP contribution in [0, 0.1) is 26.6 Å². The number of rotatable bonds is 3. The average Bonchev–Trinajstić information content (AvgIpc) is 2.98. The molecule has 0 aliphatic carbocycles.